The molecule has 0 aliphatic carbocycles. The molecular weight excluding hydrogens is 140 g/mol. The smallest absolute Gasteiger partial charge is 0.211 e. The van der Waals surface area contributed by atoms with Crippen LogP contribution in [0.15, 0.2) is 12.3 Å². The predicted molar refractivity (Wildman–Crippen MR) is 43.8 cm³/mol. The molecule has 0 unspecified atom stereocenters. The highest BCUT2D eigenvalue weighted by Gasteiger charge is 2.16. The van der Waals surface area contributed by atoms with E-state index in [1.807, 2.05) is 10.7 Å². The molecule has 1 aromatic heterocycles. The first-order valence-corrected chi connectivity index (χ1v) is 3.64. The third kappa shape index (κ3) is 1.53. The molecule has 0 amide bonds. The standard InChI is InChI=1S/C8H14N2O/c1-8(2,3)10-7(11-4)5-6-9-10/h5-6H,1-4H3. The molecule has 0 aliphatic heterocycles. The number of nitrogens with zero attached hydrogens (tertiary/aromatic N) is 2. The number of ether oxygens (including phenoxy) is 1. The molecule has 0 N–H and O–H groups in total. The summed E-state index contributed by atoms with van der Waals surface area (Å²) in [5.74, 6) is 0.803. The summed E-state index contributed by atoms with van der Waals surface area (Å²) in [5, 5.41) is 4.15. The minimum atomic E-state index is -0.00512. The Balaban J connectivity index is 3.02. The van der Waals surface area contributed by atoms with Crippen molar-refractivity contribution in [2.75, 3.05) is 7.11 Å². The van der Waals surface area contributed by atoms with Gasteiger partial charge in [-0.15, -0.1) is 0 Å². The molecule has 0 aliphatic rings. The Labute approximate surface area is 67.0 Å². The van der Waals surface area contributed by atoms with E-state index in [4.69, 9.17) is 4.74 Å². The van der Waals surface area contributed by atoms with Gasteiger partial charge in [-0.3, -0.25) is 0 Å². The molecule has 0 fully saturated rings. The van der Waals surface area contributed by atoms with Gasteiger partial charge in [-0.05, 0) is 20.8 Å². The highest BCUT2D eigenvalue weighted by Crippen LogP contribution is 2.20. The van der Waals surface area contributed by atoms with Crippen LogP contribution in [-0.4, -0.2) is 16.9 Å². The van der Waals surface area contributed by atoms with Crippen molar-refractivity contribution in [3.05, 3.63) is 12.3 Å². The van der Waals surface area contributed by atoms with Gasteiger partial charge in [0.05, 0.1) is 18.8 Å². The fourth-order valence-electron chi connectivity index (χ4n) is 0.950. The van der Waals surface area contributed by atoms with Crippen molar-refractivity contribution in [2.24, 2.45) is 0 Å². The van der Waals surface area contributed by atoms with Crippen LogP contribution in [0.5, 0.6) is 5.88 Å². The second kappa shape index (κ2) is 2.57. The van der Waals surface area contributed by atoms with E-state index in [9.17, 15) is 0 Å². The van der Waals surface area contributed by atoms with Gasteiger partial charge in [0.2, 0.25) is 5.88 Å². The maximum atomic E-state index is 5.11. The summed E-state index contributed by atoms with van der Waals surface area (Å²) in [6.45, 7) is 6.26. The van der Waals surface area contributed by atoms with Gasteiger partial charge in [0.15, 0.2) is 0 Å². The van der Waals surface area contributed by atoms with Crippen molar-refractivity contribution in [3.8, 4) is 5.88 Å². The first kappa shape index (κ1) is 8.11. The van der Waals surface area contributed by atoms with Crippen molar-refractivity contribution in [2.45, 2.75) is 26.3 Å². The molecule has 1 heterocycles. The molecule has 0 spiro atoms. The topological polar surface area (TPSA) is 27.1 Å². The van der Waals surface area contributed by atoms with Gasteiger partial charge in [0, 0.05) is 6.07 Å². The summed E-state index contributed by atoms with van der Waals surface area (Å²) >= 11 is 0. The summed E-state index contributed by atoms with van der Waals surface area (Å²) in [6.07, 6.45) is 1.74. The van der Waals surface area contributed by atoms with Gasteiger partial charge < -0.3 is 4.74 Å². The van der Waals surface area contributed by atoms with E-state index < -0.39 is 0 Å². The van der Waals surface area contributed by atoms with Crippen molar-refractivity contribution < 1.29 is 4.74 Å². The lowest BCUT2D eigenvalue weighted by atomic mass is 10.1. The average Bonchev–Trinajstić information content (AvgIpc) is 2.31. The van der Waals surface area contributed by atoms with Crippen molar-refractivity contribution in [1.29, 1.82) is 0 Å². The lowest BCUT2D eigenvalue weighted by molar-refractivity contribution is 0.282. The van der Waals surface area contributed by atoms with Gasteiger partial charge in [0.25, 0.3) is 0 Å². The molecule has 0 saturated carbocycles. The monoisotopic (exact) mass is 154 g/mol. The Morgan fingerprint density at radius 3 is 2.45 bits per heavy atom. The molecule has 0 radical (unpaired) electrons. The lowest BCUT2D eigenvalue weighted by Crippen LogP contribution is -2.23. The highest BCUT2D eigenvalue weighted by molar-refractivity contribution is 5.09. The molecule has 62 valence electrons. The molecule has 0 atom stereocenters. The number of rotatable bonds is 1. The third-order valence-electron chi connectivity index (χ3n) is 1.45. The summed E-state index contributed by atoms with van der Waals surface area (Å²) < 4.78 is 6.97. The Morgan fingerprint density at radius 2 is 2.09 bits per heavy atom. The fraction of sp³-hybridized carbons (Fsp3) is 0.625. The summed E-state index contributed by atoms with van der Waals surface area (Å²) in [7, 11) is 1.65. The van der Waals surface area contributed by atoms with Crippen LogP contribution in [-0.2, 0) is 5.54 Å². The van der Waals surface area contributed by atoms with Crippen LogP contribution in [0.2, 0.25) is 0 Å². The Morgan fingerprint density at radius 1 is 1.45 bits per heavy atom. The Hall–Kier alpha value is -0.990. The molecule has 3 nitrogen and oxygen atoms in total. The number of hydrogen-bond donors (Lipinski definition) is 0. The van der Waals surface area contributed by atoms with Crippen LogP contribution in [0, 0.1) is 0 Å². The molecule has 11 heavy (non-hydrogen) atoms. The maximum absolute atomic E-state index is 5.11. The number of hydrogen-bond acceptors (Lipinski definition) is 2. The second-order valence-electron chi connectivity index (χ2n) is 3.46. The SMILES string of the molecule is COc1ccnn1C(C)(C)C. The zero-order valence-corrected chi connectivity index (χ0v) is 7.46. The van der Waals surface area contributed by atoms with Crippen molar-refractivity contribution in [3.63, 3.8) is 0 Å². The molecular formula is C8H14N2O. The van der Waals surface area contributed by atoms with Crippen molar-refractivity contribution >= 4 is 0 Å². The lowest BCUT2D eigenvalue weighted by Gasteiger charge is -2.20. The zero-order chi connectivity index (χ0) is 8.48. The third-order valence-corrected chi connectivity index (χ3v) is 1.45. The van der Waals surface area contributed by atoms with Gasteiger partial charge in [0.1, 0.15) is 0 Å². The van der Waals surface area contributed by atoms with E-state index in [1.165, 1.54) is 0 Å². The average molecular weight is 154 g/mol. The Bertz CT molecular complexity index is 234. The molecule has 1 aromatic rings. The van der Waals surface area contributed by atoms with Gasteiger partial charge in [-0.25, -0.2) is 4.68 Å². The quantitative estimate of drug-likeness (QED) is 0.615. The fourth-order valence-corrected chi connectivity index (χ4v) is 0.950. The van der Waals surface area contributed by atoms with E-state index in [0.29, 0.717) is 0 Å². The van der Waals surface area contributed by atoms with Crippen LogP contribution < -0.4 is 4.74 Å². The molecule has 0 bridgehead atoms. The number of methoxy groups -OCH3 is 1. The molecule has 3 heteroatoms. The Kier molecular flexibility index (Phi) is 1.89. The van der Waals surface area contributed by atoms with Crippen LogP contribution in [0.3, 0.4) is 0 Å². The summed E-state index contributed by atoms with van der Waals surface area (Å²) in [4.78, 5) is 0. The first-order chi connectivity index (χ1) is 5.05. The van der Waals surface area contributed by atoms with Crippen LogP contribution in [0.1, 0.15) is 20.8 Å². The molecule has 0 aromatic carbocycles. The number of aromatic nitrogens is 2. The van der Waals surface area contributed by atoms with Crippen LogP contribution in [0.25, 0.3) is 0 Å². The molecule has 1 rings (SSSR count). The van der Waals surface area contributed by atoms with Gasteiger partial charge >= 0.3 is 0 Å². The molecule has 0 saturated heterocycles. The normalized spacial score (nSPS) is 11.6. The highest BCUT2D eigenvalue weighted by atomic mass is 16.5. The van der Waals surface area contributed by atoms with E-state index in [-0.39, 0.29) is 5.54 Å². The minimum Gasteiger partial charge on any atom is -0.481 e. The van der Waals surface area contributed by atoms with E-state index >= 15 is 0 Å². The van der Waals surface area contributed by atoms with E-state index in [2.05, 4.69) is 25.9 Å². The maximum Gasteiger partial charge on any atom is 0.211 e. The first-order valence-electron chi connectivity index (χ1n) is 3.64. The van der Waals surface area contributed by atoms with E-state index in [0.717, 1.165) is 5.88 Å². The van der Waals surface area contributed by atoms with Gasteiger partial charge in [-0.1, -0.05) is 0 Å². The zero-order valence-electron chi connectivity index (χ0n) is 7.46. The largest absolute Gasteiger partial charge is 0.481 e. The van der Waals surface area contributed by atoms with Gasteiger partial charge in [-0.2, -0.15) is 5.10 Å². The van der Waals surface area contributed by atoms with Crippen molar-refractivity contribution in [1.82, 2.24) is 9.78 Å². The minimum absolute atomic E-state index is 0.00512. The summed E-state index contributed by atoms with van der Waals surface area (Å²) in [6, 6.07) is 1.85. The predicted octanol–water partition coefficient (Wildman–Crippen LogP) is 1.65. The van der Waals surface area contributed by atoms with Crippen LogP contribution >= 0.6 is 0 Å². The van der Waals surface area contributed by atoms with E-state index in [1.54, 1.807) is 13.3 Å². The van der Waals surface area contributed by atoms with Crippen LogP contribution in [0.4, 0.5) is 0 Å². The summed E-state index contributed by atoms with van der Waals surface area (Å²) in [5.41, 5.74) is -0.00512. The second-order valence-corrected chi connectivity index (χ2v) is 3.46.